The van der Waals surface area contributed by atoms with Crippen LogP contribution in [0, 0.1) is 0 Å². The third kappa shape index (κ3) is 5.56. The van der Waals surface area contributed by atoms with Gasteiger partial charge in [0, 0.05) is 19.6 Å². The van der Waals surface area contributed by atoms with Gasteiger partial charge in [-0.25, -0.2) is 8.42 Å². The van der Waals surface area contributed by atoms with E-state index in [0.717, 1.165) is 5.56 Å². The van der Waals surface area contributed by atoms with Gasteiger partial charge in [0.2, 0.25) is 15.9 Å². The molecule has 0 aliphatic heterocycles. The van der Waals surface area contributed by atoms with Gasteiger partial charge in [-0.3, -0.25) is 4.79 Å². The highest BCUT2D eigenvalue weighted by atomic mass is 32.2. The number of hydrogen-bond donors (Lipinski definition) is 0. The van der Waals surface area contributed by atoms with Crippen LogP contribution in [-0.2, 0) is 21.2 Å². The summed E-state index contributed by atoms with van der Waals surface area (Å²) < 4.78 is 32.8. The number of hydrogen-bond acceptors (Lipinski definition) is 4. The van der Waals surface area contributed by atoms with Crippen molar-refractivity contribution >= 4 is 15.9 Å². The Hall–Kier alpha value is -2.38. The first kappa shape index (κ1) is 21.9. The number of nitrogens with zero attached hydrogens (tertiary/aromatic N) is 2. The fraction of sp³-hybridized carbons (Fsp3) is 0.381. The maximum atomic E-state index is 13.2. The van der Waals surface area contributed by atoms with Crippen LogP contribution < -0.4 is 4.74 Å². The number of sulfonamides is 1. The van der Waals surface area contributed by atoms with Gasteiger partial charge >= 0.3 is 0 Å². The third-order valence-electron chi connectivity index (χ3n) is 4.62. The van der Waals surface area contributed by atoms with Crippen molar-refractivity contribution in [2.24, 2.45) is 0 Å². The van der Waals surface area contributed by atoms with E-state index in [9.17, 15) is 13.2 Å². The fourth-order valence-electron chi connectivity index (χ4n) is 2.91. The van der Waals surface area contributed by atoms with E-state index in [2.05, 4.69) is 0 Å². The third-order valence-corrected chi connectivity index (χ3v) is 6.48. The molecular weight excluding hydrogens is 376 g/mol. The topological polar surface area (TPSA) is 66.9 Å². The molecule has 0 saturated carbocycles. The zero-order valence-electron chi connectivity index (χ0n) is 16.7. The summed E-state index contributed by atoms with van der Waals surface area (Å²) >= 11 is 0. The van der Waals surface area contributed by atoms with Crippen LogP contribution in [0.5, 0.6) is 5.75 Å². The lowest BCUT2D eigenvalue weighted by molar-refractivity contribution is -0.131. The van der Waals surface area contributed by atoms with Crippen LogP contribution in [0.25, 0.3) is 0 Å². The van der Waals surface area contributed by atoms with E-state index >= 15 is 0 Å². The highest BCUT2D eigenvalue weighted by Crippen LogP contribution is 2.20. The van der Waals surface area contributed by atoms with Gasteiger partial charge in [-0.15, -0.1) is 0 Å². The highest BCUT2D eigenvalue weighted by molar-refractivity contribution is 7.89. The Morgan fingerprint density at radius 3 is 2.11 bits per heavy atom. The van der Waals surface area contributed by atoms with E-state index in [1.165, 1.54) is 23.5 Å². The molecule has 0 aliphatic carbocycles. The zero-order chi connectivity index (χ0) is 20.6. The number of amides is 1. The predicted octanol–water partition coefficient (Wildman–Crippen LogP) is 2.80. The van der Waals surface area contributed by atoms with Gasteiger partial charge in [-0.1, -0.05) is 30.3 Å². The first-order valence-electron chi connectivity index (χ1n) is 9.38. The molecule has 28 heavy (non-hydrogen) atoms. The van der Waals surface area contributed by atoms with Gasteiger partial charge in [-0.05, 0) is 50.1 Å². The van der Waals surface area contributed by atoms with Crippen LogP contribution in [0.1, 0.15) is 19.4 Å². The fourth-order valence-corrected chi connectivity index (χ4v) is 4.30. The number of methoxy groups -OCH3 is 1. The molecule has 0 aliphatic rings. The Balaban J connectivity index is 2.27. The number of ether oxygens (including phenoxy) is 1. The molecule has 0 atom stereocenters. The van der Waals surface area contributed by atoms with Crippen LogP contribution in [0.2, 0.25) is 0 Å². The van der Waals surface area contributed by atoms with Crippen molar-refractivity contribution in [1.29, 1.82) is 0 Å². The molecule has 0 N–H and O–H groups in total. The van der Waals surface area contributed by atoms with Crippen LogP contribution in [0.15, 0.2) is 59.5 Å². The summed E-state index contributed by atoms with van der Waals surface area (Å²) in [6.07, 6.45) is 0.530. The molecule has 7 heteroatoms. The SMILES string of the molecule is CCN(CC)C(=O)CN(CCc1ccccc1)S(=O)(=O)c1ccc(OC)cc1. The van der Waals surface area contributed by atoms with Crippen LogP contribution in [0.4, 0.5) is 0 Å². The molecule has 0 radical (unpaired) electrons. The Kier molecular flexibility index (Phi) is 8.02. The number of benzene rings is 2. The summed E-state index contributed by atoms with van der Waals surface area (Å²) in [5.74, 6) is 0.379. The van der Waals surface area contributed by atoms with E-state index in [1.54, 1.807) is 17.0 Å². The van der Waals surface area contributed by atoms with E-state index in [0.29, 0.717) is 25.3 Å². The summed E-state index contributed by atoms with van der Waals surface area (Å²) in [6.45, 7) is 4.91. The van der Waals surface area contributed by atoms with Gasteiger partial charge in [0.15, 0.2) is 0 Å². The molecule has 0 fully saturated rings. The second-order valence-electron chi connectivity index (χ2n) is 6.32. The monoisotopic (exact) mass is 404 g/mol. The van der Waals surface area contributed by atoms with Crippen LogP contribution >= 0.6 is 0 Å². The quantitative estimate of drug-likeness (QED) is 0.611. The number of carbonyl (C=O) groups is 1. The Bertz CT molecular complexity index is 848. The van der Waals surface area contributed by atoms with Crippen LogP contribution in [0.3, 0.4) is 0 Å². The number of likely N-dealkylation sites (N-methyl/N-ethyl adjacent to an activating group) is 1. The van der Waals surface area contributed by atoms with E-state index in [1.807, 2.05) is 44.2 Å². The summed E-state index contributed by atoms with van der Waals surface area (Å²) in [4.78, 5) is 14.4. The highest BCUT2D eigenvalue weighted by Gasteiger charge is 2.27. The first-order chi connectivity index (χ1) is 13.4. The molecule has 2 aromatic rings. The molecule has 0 aromatic heterocycles. The van der Waals surface area contributed by atoms with Crippen molar-refractivity contribution in [3.8, 4) is 5.75 Å². The maximum absolute atomic E-state index is 13.2. The van der Waals surface area contributed by atoms with Gasteiger partial charge in [0.05, 0.1) is 18.6 Å². The lowest BCUT2D eigenvalue weighted by Crippen LogP contribution is -2.43. The van der Waals surface area contributed by atoms with Gasteiger partial charge in [-0.2, -0.15) is 4.31 Å². The van der Waals surface area contributed by atoms with E-state index < -0.39 is 10.0 Å². The molecular formula is C21H28N2O4S. The predicted molar refractivity (Wildman–Crippen MR) is 110 cm³/mol. The summed E-state index contributed by atoms with van der Waals surface area (Å²) in [6, 6.07) is 15.9. The molecule has 6 nitrogen and oxygen atoms in total. The molecule has 0 heterocycles. The van der Waals surface area contributed by atoms with Crippen molar-refractivity contribution in [1.82, 2.24) is 9.21 Å². The number of carbonyl (C=O) groups excluding carboxylic acids is 1. The molecule has 152 valence electrons. The minimum atomic E-state index is -3.81. The standard InChI is InChI=1S/C21H28N2O4S/c1-4-22(5-2)21(24)17-23(16-15-18-9-7-6-8-10-18)28(25,26)20-13-11-19(27-3)12-14-20/h6-14H,4-5,15-17H2,1-3H3. The Morgan fingerprint density at radius 1 is 0.964 bits per heavy atom. The van der Waals surface area contributed by atoms with E-state index in [4.69, 9.17) is 4.74 Å². The number of rotatable bonds is 10. The van der Waals surface area contributed by atoms with Crippen molar-refractivity contribution in [3.63, 3.8) is 0 Å². The van der Waals surface area contributed by atoms with Crippen LogP contribution in [-0.4, -0.2) is 56.8 Å². The summed E-state index contributed by atoms with van der Waals surface area (Å²) in [5.41, 5.74) is 1.02. The molecule has 2 aromatic carbocycles. The molecule has 0 saturated heterocycles. The second kappa shape index (κ2) is 10.2. The summed E-state index contributed by atoms with van der Waals surface area (Å²) in [7, 11) is -2.28. The summed E-state index contributed by atoms with van der Waals surface area (Å²) in [5, 5.41) is 0. The Labute approximate surface area is 167 Å². The van der Waals surface area contributed by atoms with E-state index in [-0.39, 0.29) is 23.9 Å². The lowest BCUT2D eigenvalue weighted by atomic mass is 10.1. The van der Waals surface area contributed by atoms with Gasteiger partial charge < -0.3 is 9.64 Å². The molecule has 0 bridgehead atoms. The van der Waals surface area contributed by atoms with Gasteiger partial charge in [0.1, 0.15) is 5.75 Å². The molecule has 1 amide bonds. The smallest absolute Gasteiger partial charge is 0.243 e. The largest absolute Gasteiger partial charge is 0.497 e. The Morgan fingerprint density at radius 2 is 1.57 bits per heavy atom. The van der Waals surface area contributed by atoms with Crippen molar-refractivity contribution in [2.45, 2.75) is 25.2 Å². The minimum Gasteiger partial charge on any atom is -0.497 e. The van der Waals surface area contributed by atoms with Crippen molar-refractivity contribution < 1.29 is 17.9 Å². The molecule has 0 spiro atoms. The second-order valence-corrected chi connectivity index (χ2v) is 8.25. The van der Waals surface area contributed by atoms with Gasteiger partial charge in [0.25, 0.3) is 0 Å². The first-order valence-corrected chi connectivity index (χ1v) is 10.8. The average molecular weight is 405 g/mol. The average Bonchev–Trinajstić information content (AvgIpc) is 2.72. The van der Waals surface area contributed by atoms with Crippen molar-refractivity contribution in [2.75, 3.05) is 33.3 Å². The zero-order valence-corrected chi connectivity index (χ0v) is 17.5. The van der Waals surface area contributed by atoms with Crippen molar-refractivity contribution in [3.05, 3.63) is 60.2 Å². The maximum Gasteiger partial charge on any atom is 0.243 e. The molecule has 2 rings (SSSR count). The minimum absolute atomic E-state index is 0.147. The molecule has 0 unspecified atom stereocenters. The normalized spacial score (nSPS) is 11.4. The lowest BCUT2D eigenvalue weighted by Gasteiger charge is -2.26.